The van der Waals surface area contributed by atoms with Crippen LogP contribution in [0, 0.1) is 0 Å². The number of aryl methyl sites for hydroxylation is 1. The van der Waals surface area contributed by atoms with Gasteiger partial charge in [-0.05, 0) is 49.1 Å². The molecule has 1 aromatic heterocycles. The highest BCUT2D eigenvalue weighted by atomic mass is 35.5. The standard InChI is InChI=1S/C22H26ClN5O3S/c1-2-12-27-20-11-10-17(14-19(20)25-26-27)32(30,31)28-13-6-5-9-21(28)22(29)24-15-16-7-3-4-8-18(16)23/h3-4,7-8,10-11,14,21H,2,5-6,9,12-13,15H2,1H3,(H,24,29). The number of nitrogens with zero attached hydrogens (tertiary/aromatic N) is 4. The average molecular weight is 476 g/mol. The van der Waals surface area contributed by atoms with Crippen molar-refractivity contribution in [1.29, 1.82) is 0 Å². The first-order valence-electron chi connectivity index (χ1n) is 10.8. The van der Waals surface area contributed by atoms with Gasteiger partial charge in [-0.3, -0.25) is 4.79 Å². The molecule has 8 nitrogen and oxygen atoms in total. The molecule has 2 aromatic carbocycles. The average Bonchev–Trinajstić information content (AvgIpc) is 3.21. The normalized spacial score (nSPS) is 17.5. The highest BCUT2D eigenvalue weighted by Crippen LogP contribution is 2.27. The van der Waals surface area contributed by atoms with E-state index < -0.39 is 16.1 Å². The van der Waals surface area contributed by atoms with Gasteiger partial charge in [-0.25, -0.2) is 13.1 Å². The lowest BCUT2D eigenvalue weighted by Gasteiger charge is -2.33. The van der Waals surface area contributed by atoms with Crippen LogP contribution in [0.3, 0.4) is 0 Å². The maximum absolute atomic E-state index is 13.5. The number of carbonyl (C=O) groups excluding carboxylic acids is 1. The quantitative estimate of drug-likeness (QED) is 0.565. The van der Waals surface area contributed by atoms with Crippen LogP contribution < -0.4 is 5.32 Å². The fraction of sp³-hybridized carbons (Fsp3) is 0.409. The van der Waals surface area contributed by atoms with Crippen molar-refractivity contribution in [3.63, 3.8) is 0 Å². The van der Waals surface area contributed by atoms with E-state index in [1.165, 1.54) is 10.4 Å². The molecule has 10 heteroatoms. The Hall–Kier alpha value is -2.49. The second-order valence-corrected chi connectivity index (χ2v) is 10.2. The Morgan fingerprint density at radius 1 is 1.22 bits per heavy atom. The molecule has 1 saturated heterocycles. The minimum Gasteiger partial charge on any atom is -0.351 e. The fourth-order valence-electron chi connectivity index (χ4n) is 4.02. The molecule has 1 unspecified atom stereocenters. The van der Waals surface area contributed by atoms with E-state index in [0.717, 1.165) is 23.9 Å². The van der Waals surface area contributed by atoms with Crippen LogP contribution in [0.1, 0.15) is 38.2 Å². The molecule has 3 aromatic rings. The van der Waals surface area contributed by atoms with Crippen LogP contribution in [0.5, 0.6) is 0 Å². The SMILES string of the molecule is CCCn1nnc2cc(S(=O)(=O)N3CCCCC3C(=O)NCc3ccccc3Cl)ccc21. The number of hydrogen-bond donors (Lipinski definition) is 1. The molecule has 1 amide bonds. The third-order valence-corrected chi connectivity index (χ3v) is 7.97. The Morgan fingerprint density at radius 2 is 2.03 bits per heavy atom. The van der Waals surface area contributed by atoms with E-state index >= 15 is 0 Å². The summed E-state index contributed by atoms with van der Waals surface area (Å²) in [5.74, 6) is -0.317. The molecular formula is C22H26ClN5O3S. The van der Waals surface area contributed by atoms with Crippen molar-refractivity contribution in [3.05, 3.63) is 53.1 Å². The molecule has 4 rings (SSSR count). The first kappa shape index (κ1) is 22.7. The largest absolute Gasteiger partial charge is 0.351 e. The third kappa shape index (κ3) is 4.51. The zero-order chi connectivity index (χ0) is 22.7. The number of hydrogen-bond acceptors (Lipinski definition) is 5. The lowest BCUT2D eigenvalue weighted by molar-refractivity contribution is -0.125. The van der Waals surface area contributed by atoms with Gasteiger partial charge in [0.25, 0.3) is 0 Å². The summed E-state index contributed by atoms with van der Waals surface area (Å²) in [6.45, 7) is 3.30. The zero-order valence-corrected chi connectivity index (χ0v) is 19.4. The molecule has 0 spiro atoms. The Bertz CT molecular complexity index is 1230. The Morgan fingerprint density at radius 3 is 2.81 bits per heavy atom. The summed E-state index contributed by atoms with van der Waals surface area (Å²) in [7, 11) is -3.87. The number of carbonyl (C=O) groups is 1. The van der Waals surface area contributed by atoms with E-state index in [2.05, 4.69) is 15.6 Å². The van der Waals surface area contributed by atoms with Gasteiger partial charge in [0.15, 0.2) is 0 Å². The van der Waals surface area contributed by atoms with Crippen molar-refractivity contribution in [3.8, 4) is 0 Å². The second-order valence-electron chi connectivity index (χ2n) is 7.90. The molecule has 0 radical (unpaired) electrons. The molecule has 0 saturated carbocycles. The number of benzene rings is 2. The Labute approximate surface area is 192 Å². The summed E-state index contributed by atoms with van der Waals surface area (Å²) >= 11 is 6.17. The smallest absolute Gasteiger partial charge is 0.243 e. The summed E-state index contributed by atoms with van der Waals surface area (Å²) < 4.78 is 30.0. The molecular weight excluding hydrogens is 450 g/mol. The summed E-state index contributed by atoms with van der Waals surface area (Å²) in [6, 6.07) is 11.3. The fourth-order valence-corrected chi connectivity index (χ4v) is 5.90. The summed E-state index contributed by atoms with van der Waals surface area (Å²) in [6.07, 6.45) is 2.88. The van der Waals surface area contributed by atoms with Gasteiger partial charge in [0.05, 0.1) is 10.4 Å². The molecule has 1 atom stereocenters. The molecule has 1 aliphatic rings. The van der Waals surface area contributed by atoms with E-state index in [1.807, 2.05) is 25.1 Å². The molecule has 1 aliphatic heterocycles. The molecule has 0 bridgehead atoms. The number of fused-ring (bicyclic) bond motifs is 1. The maximum Gasteiger partial charge on any atom is 0.243 e. The number of piperidine rings is 1. The molecule has 170 valence electrons. The molecule has 1 fully saturated rings. The summed E-state index contributed by atoms with van der Waals surface area (Å²) in [5.41, 5.74) is 2.10. The van der Waals surface area contributed by atoms with Crippen LogP contribution in [0.4, 0.5) is 0 Å². The predicted octanol–water partition coefficient (Wildman–Crippen LogP) is 3.35. The van der Waals surface area contributed by atoms with Crippen LogP contribution in [-0.2, 0) is 27.9 Å². The van der Waals surface area contributed by atoms with Crippen molar-refractivity contribution in [1.82, 2.24) is 24.6 Å². The van der Waals surface area contributed by atoms with Gasteiger partial charge < -0.3 is 5.32 Å². The predicted molar refractivity (Wildman–Crippen MR) is 123 cm³/mol. The van der Waals surface area contributed by atoms with Gasteiger partial charge in [0.1, 0.15) is 11.6 Å². The minimum atomic E-state index is -3.87. The topological polar surface area (TPSA) is 97.2 Å². The van der Waals surface area contributed by atoms with Crippen LogP contribution in [-0.4, -0.2) is 46.2 Å². The van der Waals surface area contributed by atoms with E-state index in [0.29, 0.717) is 36.5 Å². The first-order chi connectivity index (χ1) is 15.4. The van der Waals surface area contributed by atoms with Crippen LogP contribution in [0.25, 0.3) is 11.0 Å². The van der Waals surface area contributed by atoms with Crippen LogP contribution >= 0.6 is 11.6 Å². The Kier molecular flexibility index (Phi) is 6.78. The lowest BCUT2D eigenvalue weighted by Crippen LogP contribution is -2.51. The Balaban J connectivity index is 1.56. The van der Waals surface area contributed by atoms with Gasteiger partial charge >= 0.3 is 0 Å². The summed E-state index contributed by atoms with van der Waals surface area (Å²) in [5, 5.41) is 11.6. The van der Waals surface area contributed by atoms with E-state index in [-0.39, 0.29) is 17.3 Å². The number of rotatable bonds is 7. The number of sulfonamides is 1. The molecule has 32 heavy (non-hydrogen) atoms. The highest BCUT2D eigenvalue weighted by Gasteiger charge is 2.37. The van der Waals surface area contributed by atoms with Crippen molar-refractivity contribution < 1.29 is 13.2 Å². The van der Waals surface area contributed by atoms with Gasteiger partial charge in [-0.1, -0.05) is 48.4 Å². The van der Waals surface area contributed by atoms with Crippen molar-refractivity contribution in [2.45, 2.75) is 56.6 Å². The zero-order valence-electron chi connectivity index (χ0n) is 17.9. The van der Waals surface area contributed by atoms with Gasteiger partial charge in [0.2, 0.25) is 15.9 Å². The van der Waals surface area contributed by atoms with E-state index in [1.54, 1.807) is 22.9 Å². The first-order valence-corrected chi connectivity index (χ1v) is 12.6. The number of aromatic nitrogens is 3. The number of halogens is 1. The number of amides is 1. The van der Waals surface area contributed by atoms with Gasteiger partial charge in [-0.15, -0.1) is 5.10 Å². The minimum absolute atomic E-state index is 0.124. The van der Waals surface area contributed by atoms with Crippen molar-refractivity contribution >= 4 is 38.6 Å². The van der Waals surface area contributed by atoms with E-state index in [9.17, 15) is 13.2 Å². The maximum atomic E-state index is 13.5. The monoisotopic (exact) mass is 475 g/mol. The van der Waals surface area contributed by atoms with Gasteiger partial charge in [-0.2, -0.15) is 4.31 Å². The second kappa shape index (κ2) is 9.56. The molecule has 1 N–H and O–H groups in total. The lowest BCUT2D eigenvalue weighted by atomic mass is 10.0. The van der Waals surface area contributed by atoms with Gasteiger partial charge in [0, 0.05) is 24.7 Å². The summed E-state index contributed by atoms with van der Waals surface area (Å²) in [4.78, 5) is 13.1. The van der Waals surface area contributed by atoms with Crippen LogP contribution in [0.2, 0.25) is 5.02 Å². The highest BCUT2D eigenvalue weighted by molar-refractivity contribution is 7.89. The number of nitrogens with one attached hydrogen (secondary N) is 1. The van der Waals surface area contributed by atoms with E-state index in [4.69, 9.17) is 11.6 Å². The van der Waals surface area contributed by atoms with Crippen molar-refractivity contribution in [2.24, 2.45) is 0 Å². The van der Waals surface area contributed by atoms with Crippen molar-refractivity contribution in [2.75, 3.05) is 6.54 Å². The molecule has 0 aliphatic carbocycles. The third-order valence-electron chi connectivity index (χ3n) is 5.69. The molecule has 2 heterocycles. The van der Waals surface area contributed by atoms with Crippen LogP contribution in [0.15, 0.2) is 47.4 Å².